The molecule has 11 nitrogen and oxygen atoms in total. The summed E-state index contributed by atoms with van der Waals surface area (Å²) in [7, 11) is 0. The second kappa shape index (κ2) is 16.2. The summed E-state index contributed by atoms with van der Waals surface area (Å²) in [6.07, 6.45) is 3.46. The summed E-state index contributed by atoms with van der Waals surface area (Å²) in [6, 6.07) is 51.4. The van der Waals surface area contributed by atoms with Gasteiger partial charge in [0.25, 0.3) is 29.5 Å². The van der Waals surface area contributed by atoms with Gasteiger partial charge >= 0.3 is 0 Å². The number of rotatable bonds is 7. The van der Waals surface area contributed by atoms with E-state index < -0.39 is 23.6 Å². The molecule has 0 unspecified atom stereocenters. The van der Waals surface area contributed by atoms with Gasteiger partial charge < -0.3 is 5.32 Å². The van der Waals surface area contributed by atoms with Crippen LogP contribution >= 0.6 is 0 Å². The molecule has 2 aliphatic heterocycles. The van der Waals surface area contributed by atoms with Crippen molar-refractivity contribution in [3.8, 4) is 33.9 Å². The molecule has 0 bridgehead atoms. The molecule has 0 spiro atoms. The predicted molar refractivity (Wildman–Crippen MR) is 286 cm³/mol. The van der Waals surface area contributed by atoms with Crippen molar-refractivity contribution in [2.24, 2.45) is 0 Å². The summed E-state index contributed by atoms with van der Waals surface area (Å²) in [5, 5.41) is 8.85. The molecule has 13 rings (SSSR count). The van der Waals surface area contributed by atoms with Crippen molar-refractivity contribution in [2.75, 3.05) is 15.1 Å². The van der Waals surface area contributed by atoms with Crippen LogP contribution < -0.4 is 15.1 Å². The van der Waals surface area contributed by atoms with Crippen molar-refractivity contribution < 1.29 is 24.0 Å². The number of amides is 5. The quantitative estimate of drug-likeness (QED) is 0.0945. The van der Waals surface area contributed by atoms with Crippen LogP contribution in [0.1, 0.15) is 78.1 Å². The van der Waals surface area contributed by atoms with Gasteiger partial charge in [-0.1, -0.05) is 81.4 Å². The maximum atomic E-state index is 14.5. The second-order valence-electron chi connectivity index (χ2n) is 19.5. The summed E-state index contributed by atoms with van der Waals surface area (Å²) in [4.78, 5) is 87.5. The lowest BCUT2D eigenvalue weighted by molar-refractivity contribution is 0.0877. The molecule has 0 fully saturated rings. The first-order valence-electron chi connectivity index (χ1n) is 23.9. The first kappa shape index (κ1) is 43.3. The highest BCUT2D eigenvalue weighted by molar-refractivity contribution is 6.45. The fraction of sp³-hybridized carbons (Fsp3) is 0.0645. The van der Waals surface area contributed by atoms with Gasteiger partial charge in [-0.3, -0.25) is 33.9 Å². The van der Waals surface area contributed by atoms with E-state index in [-0.39, 0.29) is 11.3 Å². The molecule has 73 heavy (non-hydrogen) atoms. The van der Waals surface area contributed by atoms with Crippen molar-refractivity contribution in [1.82, 2.24) is 15.0 Å². The number of pyridine rings is 3. The third-order valence-electron chi connectivity index (χ3n) is 14.2. The normalized spacial score (nSPS) is 13.5. The van der Waals surface area contributed by atoms with Crippen LogP contribution in [0.25, 0.3) is 77.0 Å². The molecule has 5 amide bonds. The van der Waals surface area contributed by atoms with Crippen molar-refractivity contribution in [3.05, 3.63) is 216 Å². The number of fused-ring (bicyclic) bond motifs is 2. The minimum Gasteiger partial charge on any atom is -0.322 e. The molecule has 11 aromatic rings. The number of hydrogen-bond acceptors (Lipinski definition) is 8. The smallest absolute Gasteiger partial charge is 0.265 e. The van der Waals surface area contributed by atoms with Crippen LogP contribution in [-0.4, -0.2) is 44.5 Å². The van der Waals surface area contributed by atoms with E-state index in [2.05, 4.69) is 36.1 Å². The molecule has 0 atom stereocenters. The number of nitrogens with zero attached hydrogens (tertiary/aromatic N) is 5. The lowest BCUT2D eigenvalue weighted by Gasteiger charge is -2.30. The topological polar surface area (TPSA) is 143 Å². The molecule has 1 N–H and O–H groups in total. The van der Waals surface area contributed by atoms with E-state index in [0.29, 0.717) is 67.0 Å². The van der Waals surface area contributed by atoms with E-state index in [1.54, 1.807) is 60.9 Å². The van der Waals surface area contributed by atoms with Crippen molar-refractivity contribution in [1.29, 1.82) is 0 Å². The average molecular weight is 949 g/mol. The minimum atomic E-state index is -0.491. The van der Waals surface area contributed by atoms with Crippen LogP contribution in [-0.2, 0) is 5.41 Å². The van der Waals surface area contributed by atoms with Gasteiger partial charge in [0, 0.05) is 56.7 Å². The fourth-order valence-electron chi connectivity index (χ4n) is 10.5. The molecule has 0 aliphatic carbocycles. The largest absolute Gasteiger partial charge is 0.322 e. The van der Waals surface area contributed by atoms with Gasteiger partial charge in [-0.2, -0.15) is 0 Å². The zero-order valence-corrected chi connectivity index (χ0v) is 39.6. The van der Waals surface area contributed by atoms with Gasteiger partial charge in [0.2, 0.25) is 0 Å². The molecule has 11 heteroatoms. The van der Waals surface area contributed by atoms with Crippen LogP contribution in [0.4, 0.5) is 17.1 Å². The van der Waals surface area contributed by atoms with Gasteiger partial charge in [0.05, 0.1) is 34.2 Å². The molecule has 0 radical (unpaired) electrons. The molecule has 8 aromatic carbocycles. The Labute approximate surface area is 417 Å². The van der Waals surface area contributed by atoms with Gasteiger partial charge in [0.1, 0.15) is 0 Å². The zero-order chi connectivity index (χ0) is 49.9. The lowest BCUT2D eigenvalue weighted by Crippen LogP contribution is -2.40. The molecule has 3 aromatic heterocycles. The van der Waals surface area contributed by atoms with E-state index >= 15 is 0 Å². The predicted octanol–water partition coefficient (Wildman–Crippen LogP) is 13.1. The summed E-state index contributed by atoms with van der Waals surface area (Å²) < 4.78 is 0. The number of benzene rings is 8. The van der Waals surface area contributed by atoms with Crippen molar-refractivity contribution in [3.63, 3.8) is 0 Å². The van der Waals surface area contributed by atoms with E-state index in [1.807, 2.05) is 121 Å². The average Bonchev–Trinajstić information content (AvgIpc) is 3.42. The van der Waals surface area contributed by atoms with E-state index in [9.17, 15) is 24.0 Å². The second-order valence-corrected chi connectivity index (χ2v) is 19.5. The van der Waals surface area contributed by atoms with Crippen molar-refractivity contribution in [2.45, 2.75) is 26.2 Å². The third kappa shape index (κ3) is 6.81. The van der Waals surface area contributed by atoms with Gasteiger partial charge in [0.15, 0.2) is 0 Å². The number of anilines is 3. The summed E-state index contributed by atoms with van der Waals surface area (Å²) >= 11 is 0. The maximum absolute atomic E-state index is 14.5. The number of aromatic nitrogens is 3. The summed E-state index contributed by atoms with van der Waals surface area (Å²) in [5.41, 5.74) is 9.00. The molecule has 2 aliphatic rings. The Hall–Kier alpha value is -9.74. The SMILES string of the molecule is CC(C)(C)c1ccc(N2C(=O)c3ccc4c5ccc6c7c(ccc(c8ccc(c3c48)C2=O)c75)C(=O)N(c2ccc(C(=O)Nc3ccc(-c4cc(-c5ccccn5)nc(-c5ccccn5)c4)cc3)cc2)C6=O)cc1. The van der Waals surface area contributed by atoms with Crippen LogP contribution in [0.2, 0.25) is 0 Å². The summed E-state index contributed by atoms with van der Waals surface area (Å²) in [6.45, 7) is 6.34. The van der Waals surface area contributed by atoms with E-state index in [0.717, 1.165) is 65.3 Å². The Morgan fingerprint density at radius 1 is 0.438 bits per heavy atom. The first-order chi connectivity index (χ1) is 35.4. The number of carbonyl (C=O) groups excluding carboxylic acids is 5. The Kier molecular flexibility index (Phi) is 9.58. The van der Waals surface area contributed by atoms with Crippen molar-refractivity contribution >= 4 is 89.7 Å². The Balaban J connectivity index is 0.778. The molecular weight excluding hydrogens is 909 g/mol. The molecular formula is C62H40N6O5. The summed E-state index contributed by atoms with van der Waals surface area (Å²) in [5.74, 6) is -2.14. The number of nitrogens with one attached hydrogen (secondary N) is 1. The van der Waals surface area contributed by atoms with Crippen LogP contribution in [0.15, 0.2) is 182 Å². The lowest BCUT2D eigenvalue weighted by atomic mass is 9.82. The van der Waals surface area contributed by atoms with Crippen LogP contribution in [0.3, 0.4) is 0 Å². The number of hydrogen-bond donors (Lipinski definition) is 1. The molecule has 0 saturated heterocycles. The number of imide groups is 2. The van der Waals surface area contributed by atoms with Gasteiger partial charge in [-0.05, 0) is 164 Å². The van der Waals surface area contributed by atoms with Crippen LogP contribution in [0.5, 0.6) is 0 Å². The highest BCUT2D eigenvalue weighted by atomic mass is 16.2. The fourth-order valence-corrected chi connectivity index (χ4v) is 10.5. The third-order valence-corrected chi connectivity index (χ3v) is 14.2. The molecule has 348 valence electrons. The van der Waals surface area contributed by atoms with E-state index in [1.165, 1.54) is 4.90 Å². The monoisotopic (exact) mass is 948 g/mol. The molecule has 5 heterocycles. The first-order valence-corrected chi connectivity index (χ1v) is 23.9. The highest BCUT2D eigenvalue weighted by Crippen LogP contribution is 2.47. The van der Waals surface area contributed by atoms with Gasteiger partial charge in [-0.15, -0.1) is 0 Å². The van der Waals surface area contributed by atoms with Crippen LogP contribution in [0, 0.1) is 0 Å². The zero-order valence-electron chi connectivity index (χ0n) is 39.6. The Morgan fingerprint density at radius 3 is 1.26 bits per heavy atom. The Morgan fingerprint density at radius 2 is 0.863 bits per heavy atom. The number of carbonyl (C=O) groups is 5. The van der Waals surface area contributed by atoms with Gasteiger partial charge in [-0.25, -0.2) is 14.8 Å². The maximum Gasteiger partial charge on any atom is 0.265 e. The Bertz CT molecular complexity index is 3990. The highest BCUT2D eigenvalue weighted by Gasteiger charge is 2.38. The van der Waals surface area contributed by atoms with E-state index in [4.69, 9.17) is 4.98 Å². The minimum absolute atomic E-state index is 0.0953. The molecule has 0 saturated carbocycles. The standard InChI is InChI=1S/C62H40N6O5/c1-62(2,3)37-14-20-40(21-15-37)68-60(72)47-28-24-43-41-22-26-45-55-46(27-23-42(53(41)55)44-25-29-48(61(68)73)56(47)54(43)44)59(71)67(58(45)70)39-18-12-35(13-19-39)57(69)65-38-16-10-34(11-17-38)36-32-51(49-8-4-6-30-63-49)66-52(33-36)50-9-5-7-31-64-50/h4-33H,1-3H3,(H,65,69).